The quantitative estimate of drug-likeness (QED) is 0.873. The number of ether oxygens (including phenoxy) is 3. The first kappa shape index (κ1) is 13.2. The summed E-state index contributed by atoms with van der Waals surface area (Å²) in [5.74, 6) is 1.31. The average Bonchev–Trinajstić information content (AvgIpc) is 2.90. The van der Waals surface area contributed by atoms with E-state index in [4.69, 9.17) is 14.2 Å². The molecule has 2 atom stereocenters. The number of hydrogen-bond acceptors (Lipinski definition) is 4. The van der Waals surface area contributed by atoms with E-state index in [0.717, 1.165) is 19.4 Å². The minimum absolute atomic E-state index is 0.134. The van der Waals surface area contributed by atoms with Gasteiger partial charge in [0.25, 0.3) is 0 Å². The fraction of sp³-hybridized carbons (Fsp3) is 0.571. The van der Waals surface area contributed by atoms with Crippen LogP contribution in [-0.4, -0.2) is 32.0 Å². The van der Waals surface area contributed by atoms with Gasteiger partial charge in [0.05, 0.1) is 32.0 Å². The number of rotatable bonds is 5. The molecule has 4 heteroatoms. The fourth-order valence-corrected chi connectivity index (χ4v) is 2.41. The smallest absolute Gasteiger partial charge is 0.128 e. The van der Waals surface area contributed by atoms with Crippen molar-refractivity contribution in [3.8, 4) is 11.5 Å². The Morgan fingerprint density at radius 1 is 1.33 bits per heavy atom. The molecule has 100 valence electrons. The number of benzene rings is 1. The van der Waals surface area contributed by atoms with Crippen LogP contribution in [0.15, 0.2) is 18.2 Å². The molecule has 2 rings (SSSR count). The lowest BCUT2D eigenvalue weighted by atomic mass is 10.00. The predicted octanol–water partition coefficient (Wildman–Crippen LogP) is 2.31. The topological polar surface area (TPSA) is 47.9 Å². The first-order valence-electron chi connectivity index (χ1n) is 6.26. The summed E-state index contributed by atoms with van der Waals surface area (Å²) in [6.07, 6.45) is 2.17. The van der Waals surface area contributed by atoms with Crippen molar-refractivity contribution in [3.05, 3.63) is 23.8 Å². The Morgan fingerprint density at radius 2 is 2.00 bits per heavy atom. The first-order valence-corrected chi connectivity index (χ1v) is 6.26. The lowest BCUT2D eigenvalue weighted by Crippen LogP contribution is -2.12. The van der Waals surface area contributed by atoms with Gasteiger partial charge < -0.3 is 19.3 Å². The summed E-state index contributed by atoms with van der Waals surface area (Å²) < 4.78 is 16.1. The molecule has 1 saturated heterocycles. The van der Waals surface area contributed by atoms with Crippen molar-refractivity contribution < 1.29 is 19.3 Å². The Morgan fingerprint density at radius 3 is 2.50 bits per heavy atom. The Bertz CT molecular complexity index is 363. The Balaban J connectivity index is 2.18. The first-order chi connectivity index (χ1) is 8.76. The van der Waals surface area contributed by atoms with Crippen molar-refractivity contribution in [2.45, 2.75) is 31.5 Å². The third kappa shape index (κ3) is 2.76. The van der Waals surface area contributed by atoms with E-state index in [0.29, 0.717) is 23.5 Å². The van der Waals surface area contributed by atoms with Crippen LogP contribution in [-0.2, 0) is 4.74 Å². The zero-order valence-corrected chi connectivity index (χ0v) is 10.9. The normalized spacial score (nSPS) is 20.7. The molecule has 1 aliphatic heterocycles. The molecule has 1 aromatic carbocycles. The maximum atomic E-state index is 10.4. The summed E-state index contributed by atoms with van der Waals surface area (Å²) in [7, 11) is 3.19. The average molecular weight is 252 g/mol. The van der Waals surface area contributed by atoms with Crippen molar-refractivity contribution >= 4 is 0 Å². The second kappa shape index (κ2) is 6.07. The molecular formula is C14H20O4. The van der Waals surface area contributed by atoms with Gasteiger partial charge in [-0.1, -0.05) is 6.07 Å². The van der Waals surface area contributed by atoms with Gasteiger partial charge in [0, 0.05) is 13.0 Å². The predicted molar refractivity (Wildman–Crippen MR) is 68.1 cm³/mol. The number of aliphatic hydroxyl groups excluding tert-OH is 1. The summed E-state index contributed by atoms with van der Waals surface area (Å²) in [6, 6.07) is 5.51. The molecule has 1 aliphatic rings. The van der Waals surface area contributed by atoms with Crippen LogP contribution in [0.3, 0.4) is 0 Å². The van der Waals surface area contributed by atoms with Crippen LogP contribution in [0.5, 0.6) is 11.5 Å². The fourth-order valence-electron chi connectivity index (χ4n) is 2.41. The highest BCUT2D eigenvalue weighted by Crippen LogP contribution is 2.37. The van der Waals surface area contributed by atoms with E-state index in [1.165, 1.54) is 0 Å². The number of hydrogen-bond donors (Lipinski definition) is 1. The highest BCUT2D eigenvalue weighted by atomic mass is 16.5. The molecule has 2 unspecified atom stereocenters. The Hall–Kier alpha value is -1.26. The van der Waals surface area contributed by atoms with Crippen LogP contribution in [0.25, 0.3) is 0 Å². The van der Waals surface area contributed by atoms with E-state index >= 15 is 0 Å². The van der Waals surface area contributed by atoms with Crippen molar-refractivity contribution in [2.24, 2.45) is 0 Å². The van der Waals surface area contributed by atoms with Gasteiger partial charge in [0.1, 0.15) is 11.5 Å². The zero-order valence-electron chi connectivity index (χ0n) is 10.9. The molecule has 0 saturated carbocycles. The van der Waals surface area contributed by atoms with Gasteiger partial charge in [-0.25, -0.2) is 0 Å². The second-order valence-corrected chi connectivity index (χ2v) is 4.46. The highest BCUT2D eigenvalue weighted by Gasteiger charge is 2.24. The van der Waals surface area contributed by atoms with Gasteiger partial charge in [0.2, 0.25) is 0 Å². The van der Waals surface area contributed by atoms with Gasteiger partial charge in [0.15, 0.2) is 0 Å². The number of methoxy groups -OCH3 is 2. The summed E-state index contributed by atoms with van der Waals surface area (Å²) in [4.78, 5) is 0. The molecule has 0 aromatic heterocycles. The number of aliphatic hydroxyl groups is 1. The molecular weight excluding hydrogens is 232 g/mol. The SMILES string of the molecule is COc1cccc(OC)c1C(O)CC1CCCO1. The van der Waals surface area contributed by atoms with Crippen LogP contribution in [0.4, 0.5) is 0 Å². The monoisotopic (exact) mass is 252 g/mol. The molecule has 1 fully saturated rings. The van der Waals surface area contributed by atoms with Gasteiger partial charge in [-0.15, -0.1) is 0 Å². The molecule has 0 aliphatic carbocycles. The summed E-state index contributed by atoms with van der Waals surface area (Å²) in [5.41, 5.74) is 0.706. The third-order valence-corrected chi connectivity index (χ3v) is 3.31. The lowest BCUT2D eigenvalue weighted by molar-refractivity contribution is 0.0516. The van der Waals surface area contributed by atoms with Crippen molar-refractivity contribution in [3.63, 3.8) is 0 Å². The van der Waals surface area contributed by atoms with Gasteiger partial charge >= 0.3 is 0 Å². The van der Waals surface area contributed by atoms with E-state index in [9.17, 15) is 5.11 Å². The molecule has 0 bridgehead atoms. The van der Waals surface area contributed by atoms with Crippen LogP contribution in [0, 0.1) is 0 Å². The molecule has 0 radical (unpaired) electrons. The largest absolute Gasteiger partial charge is 0.496 e. The van der Waals surface area contributed by atoms with E-state index < -0.39 is 6.10 Å². The molecule has 1 heterocycles. The van der Waals surface area contributed by atoms with Crippen LogP contribution in [0.1, 0.15) is 30.9 Å². The standard InChI is InChI=1S/C14H20O4/c1-16-12-6-3-7-13(17-2)14(12)11(15)9-10-5-4-8-18-10/h3,6-7,10-11,15H,4-5,8-9H2,1-2H3. The summed E-state index contributed by atoms with van der Waals surface area (Å²) in [5, 5.41) is 10.4. The van der Waals surface area contributed by atoms with Crippen molar-refractivity contribution in [2.75, 3.05) is 20.8 Å². The minimum atomic E-state index is -0.626. The van der Waals surface area contributed by atoms with Crippen molar-refractivity contribution in [1.82, 2.24) is 0 Å². The molecule has 1 aromatic rings. The van der Waals surface area contributed by atoms with Crippen LogP contribution >= 0.6 is 0 Å². The lowest BCUT2D eigenvalue weighted by Gasteiger charge is -2.20. The van der Waals surface area contributed by atoms with E-state index in [1.54, 1.807) is 14.2 Å². The maximum absolute atomic E-state index is 10.4. The molecule has 0 amide bonds. The molecule has 18 heavy (non-hydrogen) atoms. The van der Waals surface area contributed by atoms with E-state index in [-0.39, 0.29) is 6.10 Å². The highest BCUT2D eigenvalue weighted by molar-refractivity contribution is 5.46. The summed E-state index contributed by atoms with van der Waals surface area (Å²) in [6.45, 7) is 0.792. The van der Waals surface area contributed by atoms with Crippen LogP contribution < -0.4 is 9.47 Å². The summed E-state index contributed by atoms with van der Waals surface area (Å²) >= 11 is 0. The molecule has 1 N–H and O–H groups in total. The minimum Gasteiger partial charge on any atom is -0.496 e. The van der Waals surface area contributed by atoms with E-state index in [1.807, 2.05) is 18.2 Å². The van der Waals surface area contributed by atoms with Gasteiger partial charge in [-0.2, -0.15) is 0 Å². The zero-order chi connectivity index (χ0) is 13.0. The van der Waals surface area contributed by atoms with Crippen molar-refractivity contribution in [1.29, 1.82) is 0 Å². The molecule has 4 nitrogen and oxygen atoms in total. The van der Waals surface area contributed by atoms with Crippen LogP contribution in [0.2, 0.25) is 0 Å². The van der Waals surface area contributed by atoms with Gasteiger partial charge in [-0.3, -0.25) is 0 Å². The molecule has 0 spiro atoms. The Kier molecular flexibility index (Phi) is 4.44. The van der Waals surface area contributed by atoms with Gasteiger partial charge in [-0.05, 0) is 25.0 Å². The Labute approximate surface area is 107 Å². The van der Waals surface area contributed by atoms with E-state index in [2.05, 4.69) is 0 Å². The third-order valence-electron chi connectivity index (χ3n) is 3.31. The maximum Gasteiger partial charge on any atom is 0.128 e. The second-order valence-electron chi connectivity index (χ2n) is 4.46.